The van der Waals surface area contributed by atoms with Gasteiger partial charge in [0, 0.05) is 0 Å². The predicted molar refractivity (Wildman–Crippen MR) is 93.9 cm³/mol. The molecular formula is C16H30N4O6. The average molecular weight is 374 g/mol. The highest BCUT2D eigenvalue weighted by Gasteiger charge is 2.31. The van der Waals surface area contributed by atoms with Crippen molar-refractivity contribution in [2.75, 3.05) is 0 Å². The number of hydrogen-bond acceptors (Lipinski definition) is 6. The first-order chi connectivity index (χ1) is 11.9. The molecule has 0 aromatic heterocycles. The number of aliphatic hydroxyl groups excluding tert-OH is 1. The SMILES string of the molecule is CCC(C)C(NC(=O)C(N)C(C)O)C(=O)NC(C)C(=O)NC(C)C(=O)O. The van der Waals surface area contributed by atoms with Crippen molar-refractivity contribution in [2.45, 2.75) is 71.3 Å². The summed E-state index contributed by atoms with van der Waals surface area (Å²) in [6.45, 7) is 7.64. The van der Waals surface area contributed by atoms with E-state index in [0.717, 1.165) is 0 Å². The number of carboxylic acids is 1. The molecule has 10 heteroatoms. The Labute approximate surface area is 152 Å². The van der Waals surface area contributed by atoms with Crippen molar-refractivity contribution in [3.63, 3.8) is 0 Å². The van der Waals surface area contributed by atoms with Gasteiger partial charge in [-0.15, -0.1) is 0 Å². The standard InChI is InChI=1S/C16H30N4O6/c1-6-7(2)12(20-14(23)11(17)10(5)21)15(24)18-8(3)13(22)19-9(4)16(25)26/h7-12,21H,6,17H2,1-5H3,(H,18,24)(H,19,22)(H,20,23)(H,25,26). The first-order valence-corrected chi connectivity index (χ1v) is 8.49. The molecule has 26 heavy (non-hydrogen) atoms. The van der Waals surface area contributed by atoms with Crippen LogP contribution in [0.25, 0.3) is 0 Å². The molecule has 0 heterocycles. The summed E-state index contributed by atoms with van der Waals surface area (Å²) in [5.74, 6) is -3.40. The summed E-state index contributed by atoms with van der Waals surface area (Å²) in [6.07, 6.45) is -0.517. The van der Waals surface area contributed by atoms with Gasteiger partial charge in [-0.3, -0.25) is 19.2 Å². The zero-order valence-corrected chi connectivity index (χ0v) is 15.8. The molecule has 0 saturated heterocycles. The molecule has 0 radical (unpaired) electrons. The third-order valence-corrected chi connectivity index (χ3v) is 4.10. The van der Waals surface area contributed by atoms with Gasteiger partial charge in [0.1, 0.15) is 24.2 Å². The fourth-order valence-corrected chi connectivity index (χ4v) is 1.94. The van der Waals surface area contributed by atoms with Crippen LogP contribution in [0, 0.1) is 5.92 Å². The summed E-state index contributed by atoms with van der Waals surface area (Å²) < 4.78 is 0. The number of rotatable bonds is 10. The van der Waals surface area contributed by atoms with Gasteiger partial charge in [-0.25, -0.2) is 0 Å². The number of aliphatic carboxylic acids is 1. The Hall–Kier alpha value is -2.20. The highest BCUT2D eigenvalue weighted by molar-refractivity contribution is 5.94. The Bertz CT molecular complexity index is 525. The van der Waals surface area contributed by atoms with Crippen molar-refractivity contribution >= 4 is 23.7 Å². The Kier molecular flexibility index (Phi) is 9.81. The Morgan fingerprint density at radius 3 is 1.81 bits per heavy atom. The zero-order valence-electron chi connectivity index (χ0n) is 15.8. The fraction of sp³-hybridized carbons (Fsp3) is 0.750. The van der Waals surface area contributed by atoms with Gasteiger partial charge in [0.15, 0.2) is 0 Å². The topological polar surface area (TPSA) is 171 Å². The Balaban J connectivity index is 5.01. The molecule has 6 unspecified atom stereocenters. The quantitative estimate of drug-likeness (QED) is 0.265. The summed E-state index contributed by atoms with van der Waals surface area (Å²) in [5, 5.41) is 25.4. The van der Waals surface area contributed by atoms with Crippen molar-refractivity contribution in [1.29, 1.82) is 0 Å². The molecule has 0 bridgehead atoms. The molecule has 0 aliphatic carbocycles. The minimum Gasteiger partial charge on any atom is -0.480 e. The molecule has 0 aromatic rings. The van der Waals surface area contributed by atoms with E-state index in [-0.39, 0.29) is 5.92 Å². The summed E-state index contributed by atoms with van der Waals surface area (Å²) >= 11 is 0. The van der Waals surface area contributed by atoms with Crippen LogP contribution in [0.4, 0.5) is 0 Å². The third-order valence-electron chi connectivity index (χ3n) is 4.10. The molecule has 0 aromatic carbocycles. The van der Waals surface area contributed by atoms with E-state index >= 15 is 0 Å². The van der Waals surface area contributed by atoms with Crippen LogP contribution in [0.15, 0.2) is 0 Å². The molecular weight excluding hydrogens is 344 g/mol. The summed E-state index contributed by atoms with van der Waals surface area (Å²) in [6, 6.07) is -4.25. The largest absolute Gasteiger partial charge is 0.480 e. The number of carbonyl (C=O) groups excluding carboxylic acids is 3. The lowest BCUT2D eigenvalue weighted by atomic mass is 9.97. The summed E-state index contributed by atoms with van der Waals surface area (Å²) in [7, 11) is 0. The summed E-state index contributed by atoms with van der Waals surface area (Å²) in [4.78, 5) is 47.2. The molecule has 0 fully saturated rings. The van der Waals surface area contributed by atoms with E-state index in [2.05, 4.69) is 16.0 Å². The molecule has 6 atom stereocenters. The molecule has 0 saturated carbocycles. The van der Waals surface area contributed by atoms with Crippen LogP contribution in [0.2, 0.25) is 0 Å². The van der Waals surface area contributed by atoms with Crippen LogP contribution in [-0.2, 0) is 19.2 Å². The number of carbonyl (C=O) groups is 4. The minimum atomic E-state index is -1.20. The van der Waals surface area contributed by atoms with Crippen LogP contribution in [0.1, 0.15) is 41.0 Å². The lowest BCUT2D eigenvalue weighted by Gasteiger charge is -2.27. The Morgan fingerprint density at radius 1 is 0.885 bits per heavy atom. The number of nitrogens with one attached hydrogen (secondary N) is 3. The molecule has 7 N–H and O–H groups in total. The normalized spacial score (nSPS) is 17.8. The molecule has 0 aliphatic rings. The van der Waals surface area contributed by atoms with Gasteiger partial charge in [-0.1, -0.05) is 20.3 Å². The number of hydrogen-bond donors (Lipinski definition) is 6. The van der Waals surface area contributed by atoms with Crippen molar-refractivity contribution in [1.82, 2.24) is 16.0 Å². The second-order valence-electron chi connectivity index (χ2n) is 6.44. The van der Waals surface area contributed by atoms with Gasteiger partial charge in [-0.05, 0) is 26.7 Å². The summed E-state index contributed by atoms with van der Waals surface area (Å²) in [5.41, 5.74) is 5.57. The van der Waals surface area contributed by atoms with E-state index in [0.29, 0.717) is 6.42 Å². The second-order valence-corrected chi connectivity index (χ2v) is 6.44. The molecule has 150 valence electrons. The Morgan fingerprint density at radius 2 is 1.38 bits per heavy atom. The third kappa shape index (κ3) is 7.36. The molecule has 0 spiro atoms. The molecule has 10 nitrogen and oxygen atoms in total. The average Bonchev–Trinajstić information content (AvgIpc) is 2.57. The number of nitrogens with two attached hydrogens (primary N) is 1. The molecule has 3 amide bonds. The van der Waals surface area contributed by atoms with E-state index in [4.69, 9.17) is 10.8 Å². The van der Waals surface area contributed by atoms with Crippen molar-refractivity contribution in [3.05, 3.63) is 0 Å². The monoisotopic (exact) mass is 374 g/mol. The van der Waals surface area contributed by atoms with Crippen LogP contribution in [-0.4, -0.2) is 64.2 Å². The van der Waals surface area contributed by atoms with Gasteiger partial charge in [0.05, 0.1) is 6.10 Å². The van der Waals surface area contributed by atoms with Crippen molar-refractivity contribution in [2.24, 2.45) is 11.7 Å². The number of amides is 3. The number of carboxylic acid groups (broad SMARTS) is 1. The maximum Gasteiger partial charge on any atom is 0.325 e. The highest BCUT2D eigenvalue weighted by Crippen LogP contribution is 2.09. The maximum absolute atomic E-state index is 12.5. The van der Waals surface area contributed by atoms with Crippen LogP contribution >= 0.6 is 0 Å². The zero-order chi connectivity index (χ0) is 20.6. The first kappa shape index (κ1) is 23.8. The lowest BCUT2D eigenvalue weighted by molar-refractivity contribution is -0.141. The maximum atomic E-state index is 12.5. The van der Waals surface area contributed by atoms with Gasteiger partial charge in [-0.2, -0.15) is 0 Å². The van der Waals surface area contributed by atoms with E-state index in [1.54, 1.807) is 6.92 Å². The van der Waals surface area contributed by atoms with Gasteiger partial charge in [0.2, 0.25) is 17.7 Å². The van der Waals surface area contributed by atoms with E-state index in [9.17, 15) is 24.3 Å². The van der Waals surface area contributed by atoms with Gasteiger partial charge < -0.3 is 31.9 Å². The molecule has 0 rings (SSSR count). The second kappa shape index (κ2) is 10.7. The van der Waals surface area contributed by atoms with Crippen LogP contribution < -0.4 is 21.7 Å². The highest BCUT2D eigenvalue weighted by atomic mass is 16.4. The van der Waals surface area contributed by atoms with E-state index in [1.165, 1.54) is 20.8 Å². The molecule has 0 aliphatic heterocycles. The minimum absolute atomic E-state index is 0.256. The smallest absolute Gasteiger partial charge is 0.325 e. The van der Waals surface area contributed by atoms with Gasteiger partial charge in [0.25, 0.3) is 0 Å². The number of aliphatic hydroxyl groups is 1. The van der Waals surface area contributed by atoms with Crippen molar-refractivity contribution < 1.29 is 29.4 Å². The predicted octanol–water partition coefficient (Wildman–Crippen LogP) is -1.68. The van der Waals surface area contributed by atoms with E-state index < -0.39 is 54.0 Å². The van der Waals surface area contributed by atoms with Crippen LogP contribution in [0.5, 0.6) is 0 Å². The van der Waals surface area contributed by atoms with Crippen molar-refractivity contribution in [3.8, 4) is 0 Å². The first-order valence-electron chi connectivity index (χ1n) is 8.49. The van der Waals surface area contributed by atoms with Gasteiger partial charge >= 0.3 is 5.97 Å². The van der Waals surface area contributed by atoms with Crippen LogP contribution in [0.3, 0.4) is 0 Å². The fourth-order valence-electron chi connectivity index (χ4n) is 1.94. The lowest BCUT2D eigenvalue weighted by Crippen LogP contribution is -2.59. The van der Waals surface area contributed by atoms with E-state index in [1.807, 2.05) is 6.92 Å².